The van der Waals surface area contributed by atoms with E-state index >= 15 is 0 Å². The lowest BCUT2D eigenvalue weighted by Gasteiger charge is -2.32. The Labute approximate surface area is 129 Å². The van der Waals surface area contributed by atoms with Crippen LogP contribution in [0.3, 0.4) is 0 Å². The number of hydrogen-bond acceptors (Lipinski definition) is 2. The van der Waals surface area contributed by atoms with E-state index in [-0.39, 0.29) is 12.4 Å². The summed E-state index contributed by atoms with van der Waals surface area (Å²) in [4.78, 5) is 2.62. The molecule has 2 aliphatic rings. The molecule has 0 atom stereocenters. The summed E-state index contributed by atoms with van der Waals surface area (Å²) in [5.41, 5.74) is 3.08. The topological polar surface area (TPSA) is 15.3 Å². The Bertz CT molecular complexity index is 409. The zero-order chi connectivity index (χ0) is 13.1. The van der Waals surface area contributed by atoms with E-state index in [1.165, 1.54) is 50.9 Å². The second-order valence-corrected chi connectivity index (χ2v) is 6.30. The second kappa shape index (κ2) is 7.44. The minimum Gasteiger partial charge on any atom is -0.319 e. The van der Waals surface area contributed by atoms with E-state index in [9.17, 15) is 0 Å². The molecule has 1 heterocycles. The smallest absolute Gasteiger partial charge is 0.0233 e. The first-order valence-electron chi connectivity index (χ1n) is 7.81. The molecule has 2 nitrogen and oxygen atoms in total. The average Bonchev–Trinajstić information content (AvgIpc) is 3.26. The minimum absolute atomic E-state index is 0. The lowest BCUT2D eigenvalue weighted by atomic mass is 9.96. The zero-order valence-corrected chi connectivity index (χ0v) is 13.3. The molecule has 3 heteroatoms. The summed E-state index contributed by atoms with van der Waals surface area (Å²) in [6.45, 7) is 4.86. The van der Waals surface area contributed by atoms with Crippen LogP contribution in [0.4, 0.5) is 0 Å². The molecule has 1 saturated carbocycles. The number of nitrogens with one attached hydrogen (secondary N) is 1. The molecule has 0 radical (unpaired) electrons. The highest BCUT2D eigenvalue weighted by atomic mass is 35.5. The van der Waals surface area contributed by atoms with Gasteiger partial charge in [0, 0.05) is 6.54 Å². The van der Waals surface area contributed by atoms with Crippen molar-refractivity contribution in [1.82, 2.24) is 10.2 Å². The normalized spacial score (nSPS) is 20.6. The molecule has 3 rings (SSSR count). The van der Waals surface area contributed by atoms with Gasteiger partial charge in [-0.2, -0.15) is 0 Å². The maximum Gasteiger partial charge on any atom is 0.0233 e. The van der Waals surface area contributed by atoms with Gasteiger partial charge in [0.25, 0.3) is 0 Å². The van der Waals surface area contributed by atoms with Crippen LogP contribution in [0.25, 0.3) is 0 Å². The predicted molar refractivity (Wildman–Crippen MR) is 87.6 cm³/mol. The molecule has 1 aromatic carbocycles. The van der Waals surface area contributed by atoms with Gasteiger partial charge in [0.1, 0.15) is 0 Å². The van der Waals surface area contributed by atoms with Crippen molar-refractivity contribution in [2.75, 3.05) is 26.7 Å². The van der Waals surface area contributed by atoms with Crippen LogP contribution >= 0.6 is 12.4 Å². The molecule has 20 heavy (non-hydrogen) atoms. The second-order valence-electron chi connectivity index (χ2n) is 6.30. The molecule has 2 fully saturated rings. The molecule has 1 aromatic rings. The summed E-state index contributed by atoms with van der Waals surface area (Å²) in [5.74, 6) is 1.76. The van der Waals surface area contributed by atoms with E-state index in [4.69, 9.17) is 0 Å². The highest BCUT2D eigenvalue weighted by Gasteiger charge is 2.24. The highest BCUT2D eigenvalue weighted by molar-refractivity contribution is 5.85. The molecule has 1 saturated heterocycles. The van der Waals surface area contributed by atoms with Crippen LogP contribution in [-0.2, 0) is 6.54 Å². The van der Waals surface area contributed by atoms with Crippen molar-refractivity contribution in [3.8, 4) is 0 Å². The molecular formula is C17H27ClN2. The Balaban J connectivity index is 0.00000147. The van der Waals surface area contributed by atoms with Crippen molar-refractivity contribution in [1.29, 1.82) is 0 Å². The first-order chi connectivity index (χ1) is 9.35. The number of benzene rings is 1. The summed E-state index contributed by atoms with van der Waals surface area (Å²) in [5, 5.41) is 3.31. The van der Waals surface area contributed by atoms with Gasteiger partial charge in [-0.05, 0) is 75.3 Å². The van der Waals surface area contributed by atoms with Crippen molar-refractivity contribution in [2.45, 2.75) is 38.1 Å². The highest BCUT2D eigenvalue weighted by Crippen LogP contribution is 2.40. The molecule has 1 aliphatic carbocycles. The molecule has 1 N–H and O–H groups in total. The number of likely N-dealkylation sites (tertiary alicyclic amines) is 1. The zero-order valence-electron chi connectivity index (χ0n) is 12.5. The van der Waals surface area contributed by atoms with Gasteiger partial charge in [-0.15, -0.1) is 12.4 Å². The lowest BCUT2D eigenvalue weighted by Crippen LogP contribution is -2.36. The molecule has 0 amide bonds. The summed E-state index contributed by atoms with van der Waals surface area (Å²) >= 11 is 0. The maximum atomic E-state index is 3.31. The average molecular weight is 295 g/mol. The van der Waals surface area contributed by atoms with Crippen molar-refractivity contribution < 1.29 is 0 Å². The largest absolute Gasteiger partial charge is 0.319 e. The Hall–Kier alpha value is -0.570. The van der Waals surface area contributed by atoms with E-state index in [2.05, 4.69) is 41.5 Å². The fourth-order valence-corrected chi connectivity index (χ4v) is 3.26. The lowest BCUT2D eigenvalue weighted by molar-refractivity contribution is 0.177. The van der Waals surface area contributed by atoms with E-state index < -0.39 is 0 Å². The standard InChI is InChI=1S/C17H26N2.ClH/c1-18-12-14-7-9-19(10-8-14)13-15-3-2-4-17(11-15)16-5-6-16;/h2-4,11,14,16,18H,5-10,12-13H2,1H3;1H. The van der Waals surface area contributed by atoms with Gasteiger partial charge in [-0.1, -0.05) is 24.3 Å². The van der Waals surface area contributed by atoms with Gasteiger partial charge >= 0.3 is 0 Å². The van der Waals surface area contributed by atoms with Crippen LogP contribution in [0.5, 0.6) is 0 Å². The van der Waals surface area contributed by atoms with Crippen molar-refractivity contribution in [3.05, 3.63) is 35.4 Å². The summed E-state index contributed by atoms with van der Waals surface area (Å²) < 4.78 is 0. The Morgan fingerprint density at radius 3 is 2.55 bits per heavy atom. The van der Waals surface area contributed by atoms with Crippen LogP contribution in [0.15, 0.2) is 24.3 Å². The number of rotatable bonds is 5. The monoisotopic (exact) mass is 294 g/mol. The Morgan fingerprint density at radius 2 is 1.90 bits per heavy atom. The van der Waals surface area contributed by atoms with E-state index in [0.29, 0.717) is 0 Å². The maximum absolute atomic E-state index is 3.31. The van der Waals surface area contributed by atoms with Gasteiger partial charge in [-0.25, -0.2) is 0 Å². The SMILES string of the molecule is CNCC1CCN(Cc2cccc(C3CC3)c2)CC1.Cl. The fraction of sp³-hybridized carbons (Fsp3) is 0.647. The molecule has 0 unspecified atom stereocenters. The molecule has 0 bridgehead atoms. The van der Waals surface area contributed by atoms with Gasteiger partial charge in [0.2, 0.25) is 0 Å². The molecule has 0 spiro atoms. The number of hydrogen-bond donors (Lipinski definition) is 1. The van der Waals surface area contributed by atoms with Crippen molar-refractivity contribution in [2.24, 2.45) is 5.92 Å². The minimum atomic E-state index is 0. The third-order valence-corrected chi connectivity index (χ3v) is 4.61. The first kappa shape index (κ1) is 15.8. The van der Waals surface area contributed by atoms with Crippen molar-refractivity contribution >= 4 is 12.4 Å². The predicted octanol–water partition coefficient (Wildman–Crippen LogP) is 3.42. The third-order valence-electron chi connectivity index (χ3n) is 4.61. The fourth-order valence-electron chi connectivity index (χ4n) is 3.26. The molecule has 112 valence electrons. The third kappa shape index (κ3) is 4.21. The number of nitrogens with zero attached hydrogens (tertiary/aromatic N) is 1. The van der Waals surface area contributed by atoms with Crippen LogP contribution in [-0.4, -0.2) is 31.6 Å². The van der Waals surface area contributed by atoms with Crippen LogP contribution in [0, 0.1) is 5.92 Å². The quantitative estimate of drug-likeness (QED) is 0.895. The summed E-state index contributed by atoms with van der Waals surface area (Å²) in [6.07, 6.45) is 5.50. The Kier molecular flexibility index (Phi) is 5.88. The van der Waals surface area contributed by atoms with E-state index in [1.807, 2.05) is 0 Å². The number of piperidine rings is 1. The van der Waals surface area contributed by atoms with Gasteiger partial charge < -0.3 is 5.32 Å². The van der Waals surface area contributed by atoms with Gasteiger partial charge in [-0.3, -0.25) is 4.90 Å². The van der Waals surface area contributed by atoms with Gasteiger partial charge in [0.15, 0.2) is 0 Å². The molecule has 1 aliphatic heterocycles. The first-order valence-corrected chi connectivity index (χ1v) is 7.81. The van der Waals surface area contributed by atoms with Crippen molar-refractivity contribution in [3.63, 3.8) is 0 Å². The number of halogens is 1. The molecular weight excluding hydrogens is 268 g/mol. The van der Waals surface area contributed by atoms with Crippen LogP contribution in [0.2, 0.25) is 0 Å². The Morgan fingerprint density at radius 1 is 1.15 bits per heavy atom. The van der Waals surface area contributed by atoms with Gasteiger partial charge in [0.05, 0.1) is 0 Å². The molecule has 0 aromatic heterocycles. The van der Waals surface area contributed by atoms with E-state index in [0.717, 1.165) is 18.4 Å². The summed E-state index contributed by atoms with van der Waals surface area (Å²) in [7, 11) is 2.07. The van der Waals surface area contributed by atoms with E-state index in [1.54, 1.807) is 5.56 Å². The van der Waals surface area contributed by atoms with Crippen LogP contribution < -0.4 is 5.32 Å². The van der Waals surface area contributed by atoms with Crippen LogP contribution in [0.1, 0.15) is 42.7 Å². The summed E-state index contributed by atoms with van der Waals surface area (Å²) in [6, 6.07) is 9.29.